The van der Waals surface area contributed by atoms with E-state index in [-0.39, 0.29) is 48.0 Å². The van der Waals surface area contributed by atoms with Crippen LogP contribution in [-0.4, -0.2) is 92.4 Å². The molecule has 0 fully saturated rings. The van der Waals surface area contributed by atoms with Gasteiger partial charge in [-0.15, -0.1) is 17.0 Å². The van der Waals surface area contributed by atoms with Crippen LogP contribution < -0.4 is 0 Å². The van der Waals surface area contributed by atoms with Gasteiger partial charge in [0.05, 0.1) is 33.9 Å². The first-order valence-electron chi connectivity index (χ1n) is 20.3. The lowest BCUT2D eigenvalue weighted by molar-refractivity contribution is -0.883. The third-order valence-electron chi connectivity index (χ3n) is 9.26. The second-order valence-electron chi connectivity index (χ2n) is 14.6. The standard InChI is InChI=1S/C40H79N2O6.BrH/c1-5-7-9-11-13-15-17-19-21-23-25-29-39(45)47-35-27-31-41(38(44)37-42(3,4)33-34-43)32-28-36-48-40(46)30-26-24-22-20-18-16-14-12-10-8-6-2;/h43H,5-37H2,1-4H3;1H/q+1;. The summed E-state index contributed by atoms with van der Waals surface area (Å²) in [5.74, 6) is -0.323. The van der Waals surface area contributed by atoms with Gasteiger partial charge in [-0.2, -0.15) is 0 Å². The van der Waals surface area contributed by atoms with E-state index in [4.69, 9.17) is 9.47 Å². The number of rotatable bonds is 36. The molecule has 0 aromatic heterocycles. The molecule has 0 heterocycles. The molecule has 0 aromatic rings. The van der Waals surface area contributed by atoms with Crippen LogP contribution in [0.25, 0.3) is 0 Å². The maximum absolute atomic E-state index is 13.2. The zero-order chi connectivity index (χ0) is 35.6. The maximum Gasteiger partial charge on any atom is 0.305 e. The van der Waals surface area contributed by atoms with Gasteiger partial charge in [-0.3, -0.25) is 14.4 Å². The molecule has 8 nitrogen and oxygen atoms in total. The molecule has 0 aromatic carbocycles. The van der Waals surface area contributed by atoms with Gasteiger partial charge in [0.1, 0.15) is 6.54 Å². The van der Waals surface area contributed by atoms with Crippen LogP contribution in [-0.2, 0) is 23.9 Å². The average Bonchev–Trinajstić information content (AvgIpc) is 3.05. The molecule has 292 valence electrons. The normalized spacial score (nSPS) is 11.3. The molecule has 49 heavy (non-hydrogen) atoms. The van der Waals surface area contributed by atoms with Crippen molar-refractivity contribution in [2.45, 2.75) is 181 Å². The van der Waals surface area contributed by atoms with Crippen molar-refractivity contribution in [2.75, 3.05) is 60.1 Å². The number of carbonyl (C=O) groups excluding carboxylic acids is 3. The number of halogens is 1. The predicted molar refractivity (Wildman–Crippen MR) is 209 cm³/mol. The van der Waals surface area contributed by atoms with Crippen molar-refractivity contribution in [3.8, 4) is 0 Å². The van der Waals surface area contributed by atoms with Crippen molar-refractivity contribution < 1.29 is 33.4 Å². The number of unbranched alkanes of at least 4 members (excludes halogenated alkanes) is 20. The molecule has 0 aliphatic heterocycles. The summed E-state index contributed by atoms with van der Waals surface area (Å²) < 4.78 is 11.3. The molecular formula is C40H80BrN2O6+. The number of hydrogen-bond donors (Lipinski definition) is 1. The molecule has 0 unspecified atom stereocenters. The third-order valence-corrected chi connectivity index (χ3v) is 9.26. The molecule has 1 amide bonds. The van der Waals surface area contributed by atoms with E-state index in [1.807, 2.05) is 14.1 Å². The summed E-state index contributed by atoms with van der Waals surface area (Å²) in [7, 11) is 3.86. The quantitative estimate of drug-likeness (QED) is 0.0388. The number of nitrogens with zero attached hydrogens (tertiary/aromatic N) is 2. The van der Waals surface area contributed by atoms with Gasteiger partial charge in [-0.25, -0.2) is 0 Å². The number of ether oxygens (including phenoxy) is 2. The van der Waals surface area contributed by atoms with E-state index in [0.29, 0.717) is 63.0 Å². The Morgan fingerprint density at radius 1 is 0.531 bits per heavy atom. The highest BCUT2D eigenvalue weighted by atomic mass is 79.9. The fourth-order valence-corrected chi connectivity index (χ4v) is 6.07. The van der Waals surface area contributed by atoms with E-state index in [1.165, 1.54) is 116 Å². The number of likely N-dealkylation sites (N-methyl/N-ethyl adjacent to an activating group) is 1. The molecule has 0 spiro atoms. The number of amides is 1. The van der Waals surface area contributed by atoms with E-state index >= 15 is 0 Å². The molecule has 0 bridgehead atoms. The lowest BCUT2D eigenvalue weighted by Gasteiger charge is -2.31. The topological polar surface area (TPSA) is 93.1 Å². The first kappa shape index (κ1) is 49.9. The van der Waals surface area contributed by atoms with Gasteiger partial charge in [-0.05, 0) is 25.7 Å². The molecule has 0 saturated heterocycles. The molecule has 9 heteroatoms. The summed E-state index contributed by atoms with van der Waals surface area (Å²) in [6.45, 7) is 6.84. The van der Waals surface area contributed by atoms with Crippen molar-refractivity contribution in [1.29, 1.82) is 0 Å². The van der Waals surface area contributed by atoms with Gasteiger partial charge in [0, 0.05) is 25.9 Å². The largest absolute Gasteiger partial charge is 0.466 e. The fraction of sp³-hybridized carbons (Fsp3) is 0.925. The molecule has 0 saturated carbocycles. The van der Waals surface area contributed by atoms with Crippen molar-refractivity contribution in [3.05, 3.63) is 0 Å². The predicted octanol–water partition coefficient (Wildman–Crippen LogP) is 9.73. The molecular weight excluding hydrogens is 684 g/mol. The zero-order valence-corrected chi connectivity index (χ0v) is 34.3. The summed E-state index contributed by atoms with van der Waals surface area (Å²) in [6, 6.07) is 0. The van der Waals surface area contributed by atoms with E-state index < -0.39 is 0 Å². The van der Waals surface area contributed by atoms with E-state index in [1.54, 1.807) is 4.90 Å². The summed E-state index contributed by atoms with van der Waals surface area (Å²) in [5.41, 5.74) is 0. The van der Waals surface area contributed by atoms with Gasteiger partial charge < -0.3 is 24.0 Å². The van der Waals surface area contributed by atoms with Crippen molar-refractivity contribution in [3.63, 3.8) is 0 Å². The fourth-order valence-electron chi connectivity index (χ4n) is 6.07. The van der Waals surface area contributed by atoms with Gasteiger partial charge in [0.15, 0.2) is 6.54 Å². The van der Waals surface area contributed by atoms with Gasteiger partial charge in [0.25, 0.3) is 5.91 Å². The Labute approximate surface area is 313 Å². The van der Waals surface area contributed by atoms with Crippen molar-refractivity contribution >= 4 is 34.8 Å². The highest BCUT2D eigenvalue weighted by molar-refractivity contribution is 8.93. The second-order valence-corrected chi connectivity index (χ2v) is 14.6. The molecule has 0 atom stereocenters. The van der Waals surface area contributed by atoms with Crippen LogP contribution in [0.5, 0.6) is 0 Å². The van der Waals surface area contributed by atoms with Crippen LogP contribution in [0.1, 0.15) is 181 Å². The van der Waals surface area contributed by atoms with Crippen LogP contribution in [0.2, 0.25) is 0 Å². The van der Waals surface area contributed by atoms with Crippen LogP contribution in [0, 0.1) is 0 Å². The van der Waals surface area contributed by atoms with Crippen molar-refractivity contribution in [2.24, 2.45) is 0 Å². The molecule has 0 rings (SSSR count). The summed E-state index contributed by atoms with van der Waals surface area (Å²) in [5, 5.41) is 9.38. The van der Waals surface area contributed by atoms with Crippen molar-refractivity contribution in [1.82, 2.24) is 4.90 Å². The SMILES string of the molecule is Br.CCCCCCCCCCCCCC(=O)OCCCN(CCCOC(=O)CCCCCCCCCCCCC)C(=O)C[N+](C)(C)CCO. The smallest absolute Gasteiger partial charge is 0.305 e. The first-order valence-corrected chi connectivity index (χ1v) is 20.3. The van der Waals surface area contributed by atoms with Crippen LogP contribution >= 0.6 is 17.0 Å². The second kappa shape index (κ2) is 36.6. The van der Waals surface area contributed by atoms with Gasteiger partial charge in [0.2, 0.25) is 0 Å². The minimum Gasteiger partial charge on any atom is -0.466 e. The number of esters is 2. The Hall–Kier alpha value is -1.19. The average molecular weight is 765 g/mol. The Balaban J connectivity index is 0. The van der Waals surface area contributed by atoms with Gasteiger partial charge >= 0.3 is 11.9 Å². The minimum absolute atomic E-state index is 0. The Morgan fingerprint density at radius 3 is 1.18 bits per heavy atom. The first-order chi connectivity index (χ1) is 23.3. The van der Waals surface area contributed by atoms with Crippen LogP contribution in [0.3, 0.4) is 0 Å². The zero-order valence-electron chi connectivity index (χ0n) is 32.6. The molecule has 0 aliphatic carbocycles. The number of quaternary nitrogens is 1. The monoisotopic (exact) mass is 764 g/mol. The van der Waals surface area contributed by atoms with E-state index in [0.717, 1.165) is 25.7 Å². The summed E-state index contributed by atoms with van der Waals surface area (Å²) in [6.07, 6.45) is 29.5. The molecule has 1 N–H and O–H groups in total. The number of aliphatic hydroxyl groups is 1. The third kappa shape index (κ3) is 35.0. The lowest BCUT2D eigenvalue weighted by atomic mass is 10.1. The molecule has 0 radical (unpaired) electrons. The lowest BCUT2D eigenvalue weighted by Crippen LogP contribution is -2.50. The number of carbonyl (C=O) groups is 3. The van der Waals surface area contributed by atoms with Crippen LogP contribution in [0.4, 0.5) is 0 Å². The Morgan fingerprint density at radius 2 is 0.857 bits per heavy atom. The number of hydrogen-bond acceptors (Lipinski definition) is 6. The van der Waals surface area contributed by atoms with Gasteiger partial charge in [-0.1, -0.05) is 142 Å². The molecule has 0 aliphatic rings. The maximum atomic E-state index is 13.2. The number of aliphatic hydroxyl groups excluding tert-OH is 1. The Bertz CT molecular complexity index is 721. The Kier molecular flexibility index (Phi) is 37.3. The minimum atomic E-state index is -0.158. The van der Waals surface area contributed by atoms with E-state index in [9.17, 15) is 19.5 Å². The van der Waals surface area contributed by atoms with Crippen LogP contribution in [0.15, 0.2) is 0 Å². The highest BCUT2D eigenvalue weighted by Gasteiger charge is 2.24. The highest BCUT2D eigenvalue weighted by Crippen LogP contribution is 2.14. The van der Waals surface area contributed by atoms with E-state index in [2.05, 4.69) is 13.8 Å². The summed E-state index contributed by atoms with van der Waals surface area (Å²) >= 11 is 0. The summed E-state index contributed by atoms with van der Waals surface area (Å²) in [4.78, 5) is 39.4.